The van der Waals surface area contributed by atoms with Crippen LogP contribution in [0.25, 0.3) is 0 Å². The molecular weight excluding hydrogens is 353 g/mol. The molecule has 0 fully saturated rings. The second kappa shape index (κ2) is 9.59. The average molecular weight is 372 g/mol. The van der Waals surface area contributed by atoms with Gasteiger partial charge in [-0.3, -0.25) is 4.79 Å². The van der Waals surface area contributed by atoms with E-state index in [9.17, 15) is 14.4 Å². The highest BCUT2D eigenvalue weighted by Gasteiger charge is 2.09. The van der Waals surface area contributed by atoms with E-state index < -0.39 is 11.7 Å². The Kier molecular flexibility index (Phi) is 7.19. The van der Waals surface area contributed by atoms with Crippen molar-refractivity contribution in [1.29, 1.82) is 5.26 Å². The van der Waals surface area contributed by atoms with E-state index in [1.165, 1.54) is 30.0 Å². The first-order chi connectivity index (χ1) is 12.5. The molecule has 0 unspecified atom stereocenters. The number of benzene rings is 2. The Balaban J connectivity index is 2.01. The number of carbonyl (C=O) groups excluding carboxylic acids is 1. The lowest BCUT2D eigenvalue weighted by atomic mass is 10.1. The van der Waals surface area contributed by atoms with Crippen LogP contribution in [0.2, 0.25) is 5.02 Å². The number of halogens is 2. The maximum atomic E-state index is 13.1. The average Bonchev–Trinajstić information content (AvgIpc) is 2.64. The fourth-order valence-electron chi connectivity index (χ4n) is 2.22. The van der Waals surface area contributed by atoms with E-state index >= 15 is 0 Å². The zero-order chi connectivity index (χ0) is 18.9. The predicted molar refractivity (Wildman–Crippen MR) is 102 cm³/mol. The van der Waals surface area contributed by atoms with Crippen LogP contribution in [0, 0.1) is 17.1 Å². The monoisotopic (exact) mass is 371 g/mol. The van der Waals surface area contributed by atoms with Crippen molar-refractivity contribution >= 4 is 28.9 Å². The van der Waals surface area contributed by atoms with Crippen molar-refractivity contribution in [3.8, 4) is 6.07 Å². The molecule has 26 heavy (non-hydrogen) atoms. The van der Waals surface area contributed by atoms with E-state index in [0.29, 0.717) is 11.4 Å². The van der Waals surface area contributed by atoms with Gasteiger partial charge in [0.2, 0.25) is 0 Å². The van der Waals surface area contributed by atoms with Gasteiger partial charge in [0, 0.05) is 17.6 Å². The molecule has 0 radical (unpaired) electrons. The van der Waals surface area contributed by atoms with E-state index in [4.69, 9.17) is 11.6 Å². The molecule has 0 spiro atoms. The van der Waals surface area contributed by atoms with Gasteiger partial charge in [-0.25, -0.2) is 4.39 Å². The van der Waals surface area contributed by atoms with Crippen molar-refractivity contribution < 1.29 is 9.18 Å². The van der Waals surface area contributed by atoms with E-state index in [-0.39, 0.29) is 10.6 Å². The molecule has 0 bridgehead atoms. The van der Waals surface area contributed by atoms with Gasteiger partial charge in [-0.2, -0.15) is 5.26 Å². The Morgan fingerprint density at radius 3 is 2.54 bits per heavy atom. The third-order valence-electron chi connectivity index (χ3n) is 3.70. The quantitative estimate of drug-likeness (QED) is 0.514. The number of carbonyl (C=O) groups is 1. The summed E-state index contributed by atoms with van der Waals surface area (Å²) in [5, 5.41) is 14.6. The van der Waals surface area contributed by atoms with Gasteiger partial charge < -0.3 is 10.6 Å². The SMILES string of the molecule is CCCCc1ccc(NC(=O)/C(C#N)=C\Nc2ccc(F)c(Cl)c2)cc1. The van der Waals surface area contributed by atoms with Crippen LogP contribution in [-0.4, -0.2) is 5.91 Å². The minimum Gasteiger partial charge on any atom is -0.360 e. The number of amides is 1. The molecule has 0 saturated heterocycles. The number of hydrogen-bond acceptors (Lipinski definition) is 3. The van der Waals surface area contributed by atoms with Gasteiger partial charge >= 0.3 is 0 Å². The molecule has 2 N–H and O–H groups in total. The van der Waals surface area contributed by atoms with Crippen LogP contribution in [0.3, 0.4) is 0 Å². The van der Waals surface area contributed by atoms with Crippen LogP contribution >= 0.6 is 11.6 Å². The molecule has 2 aromatic rings. The van der Waals surface area contributed by atoms with Crippen LogP contribution in [0.15, 0.2) is 54.2 Å². The second-order valence-electron chi connectivity index (χ2n) is 5.70. The fraction of sp³-hybridized carbons (Fsp3) is 0.200. The molecule has 6 heteroatoms. The van der Waals surface area contributed by atoms with Crippen LogP contribution in [0.5, 0.6) is 0 Å². The molecule has 0 aliphatic heterocycles. The minimum absolute atomic E-state index is 0.0467. The summed E-state index contributed by atoms with van der Waals surface area (Å²) in [7, 11) is 0. The van der Waals surface area contributed by atoms with Crippen molar-refractivity contribution in [2.24, 2.45) is 0 Å². The second-order valence-corrected chi connectivity index (χ2v) is 6.10. The summed E-state index contributed by atoms with van der Waals surface area (Å²) in [5.41, 5.74) is 2.18. The van der Waals surface area contributed by atoms with Crippen LogP contribution in [0.1, 0.15) is 25.3 Å². The molecular formula is C20H19ClFN3O. The molecule has 4 nitrogen and oxygen atoms in total. The molecule has 0 heterocycles. The zero-order valence-electron chi connectivity index (χ0n) is 14.4. The number of rotatable bonds is 7. The number of hydrogen-bond donors (Lipinski definition) is 2. The topological polar surface area (TPSA) is 64.9 Å². The van der Waals surface area contributed by atoms with Gasteiger partial charge in [0.05, 0.1) is 5.02 Å². The third-order valence-corrected chi connectivity index (χ3v) is 3.99. The van der Waals surface area contributed by atoms with Gasteiger partial charge in [0.15, 0.2) is 0 Å². The molecule has 134 valence electrons. The Labute approximate surface area is 157 Å². The van der Waals surface area contributed by atoms with Crippen molar-refractivity contribution in [3.63, 3.8) is 0 Å². The number of nitrogens with one attached hydrogen (secondary N) is 2. The summed E-state index contributed by atoms with van der Waals surface area (Å²) in [5.74, 6) is -1.07. The summed E-state index contributed by atoms with van der Waals surface area (Å²) in [6, 6.07) is 13.4. The zero-order valence-corrected chi connectivity index (χ0v) is 15.1. The standard InChI is InChI=1S/C20H19ClFN3O/c1-2-3-4-14-5-7-16(8-6-14)25-20(26)15(12-23)13-24-17-9-10-19(22)18(21)11-17/h5-11,13,24H,2-4H2,1H3,(H,25,26)/b15-13-. The molecule has 2 aromatic carbocycles. The van der Waals surface area contributed by atoms with Crippen LogP contribution < -0.4 is 10.6 Å². The van der Waals surface area contributed by atoms with Crippen molar-refractivity contribution in [2.45, 2.75) is 26.2 Å². The maximum Gasteiger partial charge on any atom is 0.267 e. The minimum atomic E-state index is -0.540. The Hall–Kier alpha value is -2.84. The Bertz CT molecular complexity index is 841. The highest BCUT2D eigenvalue weighted by molar-refractivity contribution is 6.31. The van der Waals surface area contributed by atoms with Crippen LogP contribution in [-0.2, 0) is 11.2 Å². The number of anilines is 2. The molecule has 0 atom stereocenters. The van der Waals surface area contributed by atoms with E-state index in [2.05, 4.69) is 17.6 Å². The lowest BCUT2D eigenvalue weighted by Crippen LogP contribution is -2.14. The highest BCUT2D eigenvalue weighted by atomic mass is 35.5. The van der Waals surface area contributed by atoms with Crippen molar-refractivity contribution in [3.05, 3.63) is 70.6 Å². The Morgan fingerprint density at radius 1 is 1.23 bits per heavy atom. The van der Waals surface area contributed by atoms with Gasteiger partial charge in [0.25, 0.3) is 5.91 Å². The molecule has 0 saturated carbocycles. The lowest BCUT2D eigenvalue weighted by molar-refractivity contribution is -0.112. The summed E-state index contributed by atoms with van der Waals surface area (Å²) < 4.78 is 13.1. The van der Waals surface area contributed by atoms with E-state index in [0.717, 1.165) is 19.3 Å². The first-order valence-electron chi connectivity index (χ1n) is 8.25. The summed E-state index contributed by atoms with van der Waals surface area (Å²) in [6.07, 6.45) is 4.50. The lowest BCUT2D eigenvalue weighted by Gasteiger charge is -2.07. The molecule has 1 amide bonds. The molecule has 0 aliphatic carbocycles. The van der Waals surface area contributed by atoms with Gasteiger partial charge in [-0.05, 0) is 48.7 Å². The molecule has 0 aromatic heterocycles. The highest BCUT2D eigenvalue weighted by Crippen LogP contribution is 2.19. The maximum absolute atomic E-state index is 13.1. The molecule has 2 rings (SSSR count). The van der Waals surface area contributed by atoms with E-state index in [1.54, 1.807) is 0 Å². The van der Waals surface area contributed by atoms with Gasteiger partial charge in [-0.15, -0.1) is 0 Å². The number of nitrogens with zero attached hydrogens (tertiary/aromatic N) is 1. The summed E-state index contributed by atoms with van der Waals surface area (Å²) in [6.45, 7) is 2.14. The fourth-order valence-corrected chi connectivity index (χ4v) is 2.40. The van der Waals surface area contributed by atoms with E-state index in [1.807, 2.05) is 30.3 Å². The largest absolute Gasteiger partial charge is 0.360 e. The number of nitriles is 1. The van der Waals surface area contributed by atoms with Crippen molar-refractivity contribution in [2.75, 3.05) is 10.6 Å². The summed E-state index contributed by atoms with van der Waals surface area (Å²) in [4.78, 5) is 12.2. The van der Waals surface area contributed by atoms with Crippen LogP contribution in [0.4, 0.5) is 15.8 Å². The number of aryl methyl sites for hydroxylation is 1. The van der Waals surface area contributed by atoms with Gasteiger partial charge in [0.1, 0.15) is 17.5 Å². The summed E-state index contributed by atoms with van der Waals surface area (Å²) >= 11 is 5.70. The van der Waals surface area contributed by atoms with Crippen molar-refractivity contribution in [1.82, 2.24) is 0 Å². The Morgan fingerprint density at radius 2 is 1.92 bits per heavy atom. The first-order valence-corrected chi connectivity index (χ1v) is 8.63. The predicted octanol–water partition coefficient (Wildman–Crippen LogP) is 5.28. The number of unbranched alkanes of at least 4 members (excludes halogenated alkanes) is 1. The normalized spacial score (nSPS) is 10.9. The molecule has 0 aliphatic rings. The smallest absolute Gasteiger partial charge is 0.267 e. The first kappa shape index (κ1) is 19.5. The third kappa shape index (κ3) is 5.61. The van der Waals surface area contributed by atoms with Gasteiger partial charge in [-0.1, -0.05) is 37.1 Å².